The van der Waals surface area contributed by atoms with E-state index in [0.29, 0.717) is 0 Å². The van der Waals surface area contributed by atoms with Gasteiger partial charge in [0.15, 0.2) is 0 Å². The molecule has 0 aliphatic heterocycles. The summed E-state index contributed by atoms with van der Waals surface area (Å²) in [4.78, 5) is 25.0. The van der Waals surface area contributed by atoms with Crippen molar-refractivity contribution in [3.8, 4) is 0 Å². The van der Waals surface area contributed by atoms with Crippen molar-refractivity contribution in [1.82, 2.24) is 14.5 Å². The van der Waals surface area contributed by atoms with Crippen molar-refractivity contribution in [2.45, 2.75) is 32.9 Å². The minimum Gasteiger partial charge on any atom is -0.348 e. The van der Waals surface area contributed by atoms with E-state index in [2.05, 4.69) is 5.32 Å². The third-order valence-electron chi connectivity index (χ3n) is 4.58. The molecule has 0 saturated heterocycles. The van der Waals surface area contributed by atoms with Crippen LogP contribution in [0.5, 0.6) is 0 Å². The van der Waals surface area contributed by atoms with Crippen LogP contribution in [-0.4, -0.2) is 15.0 Å². The van der Waals surface area contributed by atoms with E-state index in [4.69, 9.17) is 0 Å². The first-order valence-electron chi connectivity index (χ1n) is 8.51. The predicted molar refractivity (Wildman–Crippen MR) is 99.5 cm³/mol. The molecule has 2 aromatic carbocycles. The topological polar surface area (TPSA) is 56.0 Å². The Morgan fingerprint density at radius 2 is 1.72 bits per heavy atom. The van der Waals surface area contributed by atoms with Gasteiger partial charge in [-0.3, -0.25) is 13.9 Å². The molecule has 5 heteroatoms. The Morgan fingerprint density at radius 3 is 2.36 bits per heavy atom. The van der Waals surface area contributed by atoms with Crippen LogP contribution in [0.2, 0.25) is 0 Å². The number of carbonyl (C=O) groups is 1. The van der Waals surface area contributed by atoms with E-state index in [1.165, 1.54) is 10.1 Å². The predicted octanol–water partition coefficient (Wildman–Crippen LogP) is 2.92. The number of nitrogens with zero attached hydrogens (tertiary/aromatic N) is 2. The van der Waals surface area contributed by atoms with Crippen LogP contribution in [0.4, 0.5) is 0 Å². The molecule has 1 aromatic heterocycles. The van der Waals surface area contributed by atoms with Crippen molar-refractivity contribution in [3.05, 3.63) is 70.1 Å². The zero-order valence-electron chi connectivity index (χ0n) is 14.8. The molecule has 0 bridgehead atoms. The lowest BCUT2D eigenvalue weighted by Gasteiger charge is -2.18. The Balaban J connectivity index is 1.82. The van der Waals surface area contributed by atoms with Crippen LogP contribution in [0.1, 0.15) is 30.5 Å². The molecule has 0 fully saturated rings. The van der Waals surface area contributed by atoms with Crippen molar-refractivity contribution in [2.75, 3.05) is 0 Å². The summed E-state index contributed by atoms with van der Waals surface area (Å²) in [5, 5.41) is 3.04. The first-order chi connectivity index (χ1) is 12.0. The molecule has 0 saturated carbocycles. The van der Waals surface area contributed by atoms with E-state index < -0.39 is 0 Å². The van der Waals surface area contributed by atoms with Crippen LogP contribution >= 0.6 is 0 Å². The molecular weight excluding hydrogens is 314 g/mol. The molecule has 0 aliphatic carbocycles. The summed E-state index contributed by atoms with van der Waals surface area (Å²) >= 11 is 0. The van der Waals surface area contributed by atoms with Gasteiger partial charge in [0, 0.05) is 7.05 Å². The number of nitrogens with one attached hydrogen (secondary N) is 1. The number of hydrogen-bond donors (Lipinski definition) is 1. The van der Waals surface area contributed by atoms with Crippen molar-refractivity contribution < 1.29 is 4.79 Å². The Morgan fingerprint density at radius 1 is 1.08 bits per heavy atom. The monoisotopic (exact) mass is 337 g/mol. The smallest absolute Gasteiger partial charge is 0.329 e. The quantitative estimate of drug-likeness (QED) is 0.778. The first-order valence-corrected chi connectivity index (χ1v) is 8.51. The molecule has 0 unspecified atom stereocenters. The summed E-state index contributed by atoms with van der Waals surface area (Å²) in [6.07, 6.45) is 0.791. The van der Waals surface area contributed by atoms with Gasteiger partial charge in [-0.15, -0.1) is 0 Å². The molecule has 1 N–H and O–H groups in total. The number of hydrogen-bond acceptors (Lipinski definition) is 2. The van der Waals surface area contributed by atoms with Gasteiger partial charge in [-0.25, -0.2) is 4.79 Å². The van der Waals surface area contributed by atoms with Gasteiger partial charge in [0.05, 0.1) is 17.1 Å². The molecule has 1 heterocycles. The minimum absolute atomic E-state index is 0.0164. The number of amides is 1. The van der Waals surface area contributed by atoms with Crippen molar-refractivity contribution >= 4 is 16.9 Å². The summed E-state index contributed by atoms with van der Waals surface area (Å²) < 4.78 is 3.09. The highest BCUT2D eigenvalue weighted by molar-refractivity contribution is 5.81. The number of fused-ring (bicyclic) bond motifs is 1. The van der Waals surface area contributed by atoms with Crippen molar-refractivity contribution in [3.63, 3.8) is 0 Å². The number of carbonyl (C=O) groups excluding carboxylic acids is 1. The summed E-state index contributed by atoms with van der Waals surface area (Å²) in [7, 11) is 1.72. The van der Waals surface area contributed by atoms with E-state index in [-0.39, 0.29) is 24.2 Å². The zero-order chi connectivity index (χ0) is 18.0. The number of rotatable bonds is 5. The van der Waals surface area contributed by atoms with Crippen LogP contribution < -0.4 is 11.0 Å². The third kappa shape index (κ3) is 3.36. The largest absolute Gasteiger partial charge is 0.348 e. The van der Waals surface area contributed by atoms with E-state index in [1.54, 1.807) is 11.6 Å². The van der Waals surface area contributed by atoms with Crippen molar-refractivity contribution in [1.29, 1.82) is 0 Å². The molecule has 130 valence electrons. The number of para-hydroxylation sites is 2. The summed E-state index contributed by atoms with van der Waals surface area (Å²) in [5.74, 6) is -0.161. The Kier molecular flexibility index (Phi) is 4.74. The molecule has 3 rings (SSSR count). The van der Waals surface area contributed by atoms with Gasteiger partial charge in [0.1, 0.15) is 6.54 Å². The lowest BCUT2D eigenvalue weighted by molar-refractivity contribution is -0.122. The Hall–Kier alpha value is -2.82. The van der Waals surface area contributed by atoms with Gasteiger partial charge in [0.25, 0.3) is 0 Å². The SMILES string of the molecule is CC[C@H](NC(=O)Cn1c(=O)n(C)c2ccccc21)c1ccc(C)cc1. The van der Waals surface area contributed by atoms with Gasteiger partial charge < -0.3 is 5.32 Å². The van der Waals surface area contributed by atoms with E-state index >= 15 is 0 Å². The molecule has 0 aliphatic rings. The van der Waals surface area contributed by atoms with Gasteiger partial charge in [-0.1, -0.05) is 48.9 Å². The maximum Gasteiger partial charge on any atom is 0.329 e. The van der Waals surface area contributed by atoms with E-state index in [9.17, 15) is 9.59 Å². The second kappa shape index (κ2) is 6.97. The van der Waals surface area contributed by atoms with Gasteiger partial charge in [-0.2, -0.15) is 0 Å². The van der Waals surface area contributed by atoms with E-state index in [1.807, 2.05) is 62.4 Å². The molecule has 0 radical (unpaired) electrons. The van der Waals surface area contributed by atoms with Crippen LogP contribution in [0.25, 0.3) is 11.0 Å². The average Bonchev–Trinajstić information content (AvgIpc) is 2.86. The number of benzene rings is 2. The number of aromatic nitrogens is 2. The first kappa shape index (κ1) is 17.0. The molecule has 0 spiro atoms. The van der Waals surface area contributed by atoms with Crippen LogP contribution in [0.3, 0.4) is 0 Å². The fourth-order valence-electron chi connectivity index (χ4n) is 3.12. The maximum atomic E-state index is 12.5. The van der Waals surface area contributed by atoms with Gasteiger partial charge >= 0.3 is 5.69 Å². The van der Waals surface area contributed by atoms with Crippen LogP contribution in [-0.2, 0) is 18.4 Å². The normalized spacial score (nSPS) is 12.3. The molecule has 1 atom stereocenters. The molecule has 25 heavy (non-hydrogen) atoms. The number of aryl methyl sites for hydroxylation is 2. The van der Waals surface area contributed by atoms with Crippen LogP contribution in [0, 0.1) is 6.92 Å². The fraction of sp³-hybridized carbons (Fsp3) is 0.300. The lowest BCUT2D eigenvalue weighted by Crippen LogP contribution is -2.34. The number of imidazole rings is 1. The zero-order valence-corrected chi connectivity index (χ0v) is 14.8. The summed E-state index contributed by atoms with van der Waals surface area (Å²) in [6, 6.07) is 15.6. The van der Waals surface area contributed by atoms with Crippen LogP contribution in [0.15, 0.2) is 53.3 Å². The Labute approximate surface area is 146 Å². The standard InChI is InChI=1S/C20H23N3O2/c1-4-16(15-11-9-14(2)10-12-15)21-19(24)13-23-18-8-6-5-7-17(18)22(3)20(23)25/h5-12,16H,4,13H2,1-3H3,(H,21,24)/t16-/m0/s1. The maximum absolute atomic E-state index is 12.5. The Bertz CT molecular complexity index is 951. The highest BCUT2D eigenvalue weighted by Gasteiger charge is 2.16. The average molecular weight is 337 g/mol. The molecular formula is C20H23N3O2. The van der Waals surface area contributed by atoms with Crippen molar-refractivity contribution in [2.24, 2.45) is 7.05 Å². The summed E-state index contributed by atoms with van der Waals surface area (Å²) in [6.45, 7) is 4.09. The third-order valence-corrected chi connectivity index (χ3v) is 4.58. The minimum atomic E-state index is -0.181. The molecule has 3 aromatic rings. The molecule has 5 nitrogen and oxygen atoms in total. The summed E-state index contributed by atoms with van der Waals surface area (Å²) in [5.41, 5.74) is 3.68. The van der Waals surface area contributed by atoms with Gasteiger partial charge in [0.2, 0.25) is 5.91 Å². The highest BCUT2D eigenvalue weighted by atomic mass is 16.2. The van der Waals surface area contributed by atoms with Gasteiger partial charge in [-0.05, 0) is 31.0 Å². The second-order valence-electron chi connectivity index (χ2n) is 6.36. The lowest BCUT2D eigenvalue weighted by atomic mass is 10.0. The van der Waals surface area contributed by atoms with E-state index in [0.717, 1.165) is 23.0 Å². The molecule has 1 amide bonds. The fourth-order valence-corrected chi connectivity index (χ4v) is 3.12. The highest BCUT2D eigenvalue weighted by Crippen LogP contribution is 2.17. The second-order valence-corrected chi connectivity index (χ2v) is 6.36.